The molecule has 0 atom stereocenters. The molecule has 0 saturated carbocycles. The predicted octanol–water partition coefficient (Wildman–Crippen LogP) is 3.44. The highest BCUT2D eigenvalue weighted by Gasteiger charge is 2.26. The first kappa shape index (κ1) is 19.1. The molecule has 26 heavy (non-hydrogen) atoms. The fraction of sp³-hybridized carbons (Fsp3) is 0.400. The average molecular weight is 415 g/mol. The standard InChI is InChI=1S/C15H18N4O4S3/c1-2-19-14(20)13(25-15(19)24)17-16-11-3-5-12(6-4-11)26(21,22)18-7-9-23-10-8-18/h3-6,20H,2,7-10H2,1H3. The van der Waals surface area contributed by atoms with Gasteiger partial charge in [0.2, 0.25) is 20.9 Å². The molecule has 2 heterocycles. The SMILES string of the molecule is CCn1c(O)c(N=Nc2ccc(S(=O)(=O)N3CCOCC3)cc2)sc1=S. The minimum atomic E-state index is -3.53. The number of azo groups is 1. The summed E-state index contributed by atoms with van der Waals surface area (Å²) in [5.41, 5.74) is 0.479. The van der Waals surface area contributed by atoms with Crippen molar-refractivity contribution in [1.82, 2.24) is 8.87 Å². The van der Waals surface area contributed by atoms with Gasteiger partial charge in [-0.25, -0.2) is 8.42 Å². The number of benzene rings is 1. The number of hydrogen-bond donors (Lipinski definition) is 1. The van der Waals surface area contributed by atoms with Crippen molar-refractivity contribution in [3.63, 3.8) is 0 Å². The minimum Gasteiger partial charge on any atom is -0.492 e. The third-order valence-electron chi connectivity index (χ3n) is 3.87. The molecule has 8 nitrogen and oxygen atoms in total. The molecule has 1 N–H and O–H groups in total. The van der Waals surface area contributed by atoms with Gasteiger partial charge in [0.25, 0.3) is 0 Å². The molecule has 3 rings (SSSR count). The maximum atomic E-state index is 12.6. The van der Waals surface area contributed by atoms with Crippen LogP contribution in [0.2, 0.25) is 0 Å². The fourth-order valence-electron chi connectivity index (χ4n) is 2.45. The number of thiazole rings is 1. The number of nitrogens with zero attached hydrogens (tertiary/aromatic N) is 4. The Labute approximate surface area is 160 Å². The molecule has 1 aromatic carbocycles. The lowest BCUT2D eigenvalue weighted by Gasteiger charge is -2.25. The van der Waals surface area contributed by atoms with Crippen LogP contribution >= 0.6 is 23.6 Å². The van der Waals surface area contributed by atoms with Crippen molar-refractivity contribution in [3.8, 4) is 5.88 Å². The van der Waals surface area contributed by atoms with Gasteiger partial charge in [-0.3, -0.25) is 4.57 Å². The number of sulfonamides is 1. The molecule has 1 aliphatic rings. The summed E-state index contributed by atoms with van der Waals surface area (Å²) in [7, 11) is -3.53. The summed E-state index contributed by atoms with van der Waals surface area (Å²) in [6.07, 6.45) is 0. The van der Waals surface area contributed by atoms with E-state index in [0.717, 1.165) is 11.3 Å². The van der Waals surface area contributed by atoms with Crippen molar-refractivity contribution in [1.29, 1.82) is 0 Å². The van der Waals surface area contributed by atoms with Crippen LogP contribution in [-0.4, -0.2) is 48.7 Å². The van der Waals surface area contributed by atoms with Crippen LogP contribution in [0, 0.1) is 3.95 Å². The number of morpholine rings is 1. The van der Waals surface area contributed by atoms with E-state index in [0.29, 0.717) is 47.5 Å². The smallest absolute Gasteiger partial charge is 0.243 e. The quantitative estimate of drug-likeness (QED) is 0.597. The number of hydrogen-bond acceptors (Lipinski definition) is 8. The van der Waals surface area contributed by atoms with Crippen LogP contribution in [0.5, 0.6) is 5.88 Å². The highest BCUT2D eigenvalue weighted by molar-refractivity contribution is 7.89. The molecule has 0 amide bonds. The molecule has 1 aromatic heterocycles. The fourth-order valence-corrected chi connectivity index (χ4v) is 5.09. The highest BCUT2D eigenvalue weighted by Crippen LogP contribution is 2.35. The summed E-state index contributed by atoms with van der Waals surface area (Å²) in [6, 6.07) is 6.14. The van der Waals surface area contributed by atoms with Crippen LogP contribution in [0.4, 0.5) is 10.7 Å². The molecular formula is C15H18N4O4S3. The first-order valence-electron chi connectivity index (χ1n) is 7.95. The number of aromatic nitrogens is 1. The Morgan fingerprint density at radius 3 is 2.46 bits per heavy atom. The Balaban J connectivity index is 1.78. The molecule has 0 aliphatic carbocycles. The molecular weight excluding hydrogens is 396 g/mol. The zero-order chi connectivity index (χ0) is 18.7. The molecule has 1 saturated heterocycles. The average Bonchev–Trinajstić information content (AvgIpc) is 2.94. The zero-order valence-corrected chi connectivity index (χ0v) is 16.5. The van der Waals surface area contributed by atoms with Crippen LogP contribution in [0.15, 0.2) is 39.4 Å². The van der Waals surface area contributed by atoms with E-state index in [-0.39, 0.29) is 10.8 Å². The molecule has 0 unspecified atom stereocenters. The Kier molecular flexibility index (Phi) is 5.82. The van der Waals surface area contributed by atoms with Gasteiger partial charge in [0.05, 0.1) is 23.8 Å². The summed E-state index contributed by atoms with van der Waals surface area (Å²) in [5.74, 6) is -0.0160. The molecule has 0 spiro atoms. The molecule has 0 radical (unpaired) electrons. The Morgan fingerprint density at radius 1 is 1.23 bits per heavy atom. The van der Waals surface area contributed by atoms with E-state index in [9.17, 15) is 13.5 Å². The van der Waals surface area contributed by atoms with Crippen molar-refractivity contribution in [2.45, 2.75) is 18.4 Å². The maximum absolute atomic E-state index is 12.6. The normalized spacial score (nSPS) is 16.3. The second-order valence-corrected chi connectivity index (χ2v) is 9.01. The van der Waals surface area contributed by atoms with Crippen molar-refractivity contribution in [2.75, 3.05) is 26.3 Å². The zero-order valence-electron chi connectivity index (χ0n) is 14.0. The van der Waals surface area contributed by atoms with E-state index < -0.39 is 10.0 Å². The molecule has 1 aliphatic heterocycles. The Hall–Kier alpha value is -1.66. The van der Waals surface area contributed by atoms with Crippen molar-refractivity contribution in [3.05, 3.63) is 28.2 Å². The first-order chi connectivity index (χ1) is 12.4. The lowest BCUT2D eigenvalue weighted by atomic mass is 10.3. The molecule has 1 fully saturated rings. The predicted molar refractivity (Wildman–Crippen MR) is 101 cm³/mol. The summed E-state index contributed by atoms with van der Waals surface area (Å²) in [6.45, 7) is 3.92. The number of rotatable bonds is 5. The summed E-state index contributed by atoms with van der Waals surface area (Å²) >= 11 is 6.31. The lowest BCUT2D eigenvalue weighted by Crippen LogP contribution is -2.40. The van der Waals surface area contributed by atoms with Gasteiger partial charge in [0.15, 0.2) is 3.95 Å². The van der Waals surface area contributed by atoms with Gasteiger partial charge in [-0.2, -0.15) is 4.31 Å². The van der Waals surface area contributed by atoms with Crippen molar-refractivity contribution in [2.24, 2.45) is 10.2 Å². The Bertz CT molecular complexity index is 958. The van der Waals surface area contributed by atoms with Crippen molar-refractivity contribution >= 4 is 44.3 Å². The van der Waals surface area contributed by atoms with Crippen LogP contribution < -0.4 is 0 Å². The summed E-state index contributed by atoms with van der Waals surface area (Å²) < 4.78 is 33.8. The molecule has 2 aromatic rings. The van der Waals surface area contributed by atoms with Crippen LogP contribution in [0.1, 0.15) is 6.92 Å². The minimum absolute atomic E-state index is 0.0160. The van der Waals surface area contributed by atoms with E-state index in [2.05, 4.69) is 10.2 Å². The van der Waals surface area contributed by atoms with E-state index in [1.807, 2.05) is 6.92 Å². The topological polar surface area (TPSA) is 96.5 Å². The highest BCUT2D eigenvalue weighted by atomic mass is 32.2. The van der Waals surface area contributed by atoms with Gasteiger partial charge < -0.3 is 9.84 Å². The van der Waals surface area contributed by atoms with E-state index in [4.69, 9.17) is 17.0 Å². The van der Waals surface area contributed by atoms with Gasteiger partial charge in [-0.15, -0.1) is 10.2 Å². The molecule has 140 valence electrons. The maximum Gasteiger partial charge on any atom is 0.243 e. The number of aromatic hydroxyl groups is 1. The summed E-state index contributed by atoms with van der Waals surface area (Å²) in [4.78, 5) is 0.203. The van der Waals surface area contributed by atoms with Crippen molar-refractivity contribution < 1.29 is 18.3 Å². The van der Waals surface area contributed by atoms with Gasteiger partial charge in [0.1, 0.15) is 0 Å². The number of ether oxygens (including phenoxy) is 1. The first-order valence-corrected chi connectivity index (χ1v) is 10.6. The monoisotopic (exact) mass is 414 g/mol. The van der Waals surface area contributed by atoms with Gasteiger partial charge in [0, 0.05) is 19.6 Å². The van der Waals surface area contributed by atoms with E-state index in [1.165, 1.54) is 16.4 Å². The lowest BCUT2D eigenvalue weighted by molar-refractivity contribution is 0.0730. The third kappa shape index (κ3) is 3.86. The van der Waals surface area contributed by atoms with Crippen LogP contribution in [0.25, 0.3) is 0 Å². The second-order valence-electron chi connectivity index (χ2n) is 5.45. The largest absolute Gasteiger partial charge is 0.492 e. The second kappa shape index (κ2) is 7.92. The van der Waals surface area contributed by atoms with Gasteiger partial charge in [-0.05, 0) is 43.4 Å². The molecule has 11 heteroatoms. The third-order valence-corrected chi connectivity index (χ3v) is 7.10. The van der Waals surface area contributed by atoms with Crippen LogP contribution in [-0.2, 0) is 21.3 Å². The Morgan fingerprint density at radius 2 is 1.88 bits per heavy atom. The molecule has 0 bridgehead atoms. The van der Waals surface area contributed by atoms with Crippen LogP contribution in [0.3, 0.4) is 0 Å². The summed E-state index contributed by atoms with van der Waals surface area (Å²) in [5, 5.41) is 18.4. The van der Waals surface area contributed by atoms with E-state index in [1.54, 1.807) is 16.7 Å². The van der Waals surface area contributed by atoms with Gasteiger partial charge >= 0.3 is 0 Å². The van der Waals surface area contributed by atoms with Gasteiger partial charge in [-0.1, -0.05) is 11.3 Å². The van der Waals surface area contributed by atoms with E-state index >= 15 is 0 Å².